The van der Waals surface area contributed by atoms with Crippen LogP contribution in [0.15, 0.2) is 24.3 Å². The van der Waals surface area contributed by atoms with Gasteiger partial charge in [-0.3, -0.25) is 0 Å². The van der Waals surface area contributed by atoms with Crippen molar-refractivity contribution in [3.8, 4) is 0 Å². The SMILES string of the molecule is C=C1C=CCC2C1(C)CCC(C)C2(C)CCC(C)=O. The topological polar surface area (TPSA) is 17.1 Å². The molecule has 1 saturated carbocycles. The van der Waals surface area contributed by atoms with E-state index in [4.69, 9.17) is 0 Å². The standard InChI is InChI=1S/C18H28O/c1-13-7-6-8-16-17(13,4)11-9-14(2)18(16,5)12-10-15(3)19/h6-7,14,16H,1,8-12H2,2-5H3. The Kier molecular flexibility index (Phi) is 3.77. The van der Waals surface area contributed by atoms with E-state index in [1.54, 1.807) is 6.92 Å². The monoisotopic (exact) mass is 260 g/mol. The lowest BCUT2D eigenvalue weighted by molar-refractivity contribution is -0.119. The number of hydrogen-bond acceptors (Lipinski definition) is 1. The first kappa shape index (κ1) is 14.6. The Bertz CT molecular complexity index is 419. The van der Waals surface area contributed by atoms with Crippen LogP contribution in [0.5, 0.6) is 0 Å². The van der Waals surface area contributed by atoms with Gasteiger partial charge in [0.1, 0.15) is 5.78 Å². The summed E-state index contributed by atoms with van der Waals surface area (Å²) < 4.78 is 0. The number of rotatable bonds is 3. The summed E-state index contributed by atoms with van der Waals surface area (Å²) in [5, 5.41) is 0. The molecule has 0 saturated heterocycles. The van der Waals surface area contributed by atoms with E-state index in [0.717, 1.165) is 19.3 Å². The Hall–Kier alpha value is -0.850. The van der Waals surface area contributed by atoms with E-state index in [2.05, 4.69) is 39.5 Å². The summed E-state index contributed by atoms with van der Waals surface area (Å²) in [5.74, 6) is 1.66. The normalized spacial score (nSPS) is 42.0. The molecule has 106 valence electrons. The van der Waals surface area contributed by atoms with Gasteiger partial charge in [0.25, 0.3) is 0 Å². The van der Waals surface area contributed by atoms with Gasteiger partial charge in [-0.2, -0.15) is 0 Å². The second kappa shape index (κ2) is 4.92. The van der Waals surface area contributed by atoms with Gasteiger partial charge in [-0.05, 0) is 60.8 Å². The molecule has 0 aromatic rings. The zero-order valence-corrected chi connectivity index (χ0v) is 13.0. The van der Waals surface area contributed by atoms with Gasteiger partial charge in [0.05, 0.1) is 0 Å². The molecule has 2 rings (SSSR count). The smallest absolute Gasteiger partial charge is 0.129 e. The Morgan fingerprint density at radius 3 is 2.79 bits per heavy atom. The third-order valence-electron chi connectivity index (χ3n) is 6.23. The Morgan fingerprint density at radius 1 is 1.47 bits per heavy atom. The largest absolute Gasteiger partial charge is 0.300 e. The van der Waals surface area contributed by atoms with Crippen LogP contribution in [0.25, 0.3) is 0 Å². The second-order valence-electron chi connectivity index (χ2n) is 7.28. The van der Waals surface area contributed by atoms with Crippen molar-refractivity contribution in [2.75, 3.05) is 0 Å². The Labute approximate surface area is 118 Å². The van der Waals surface area contributed by atoms with E-state index < -0.39 is 0 Å². The predicted octanol–water partition coefficient (Wildman–Crippen LogP) is 4.93. The van der Waals surface area contributed by atoms with Crippen molar-refractivity contribution < 1.29 is 4.79 Å². The lowest BCUT2D eigenvalue weighted by Crippen LogP contribution is -2.49. The van der Waals surface area contributed by atoms with Crippen molar-refractivity contribution in [1.29, 1.82) is 0 Å². The van der Waals surface area contributed by atoms with Crippen LogP contribution in [0.3, 0.4) is 0 Å². The molecule has 4 unspecified atom stereocenters. The maximum atomic E-state index is 11.4. The minimum atomic E-state index is 0.243. The molecule has 0 aromatic heterocycles. The lowest BCUT2D eigenvalue weighted by atomic mass is 9.47. The number of hydrogen-bond donors (Lipinski definition) is 0. The highest BCUT2D eigenvalue weighted by Gasteiger charge is 2.52. The summed E-state index contributed by atoms with van der Waals surface area (Å²) in [7, 11) is 0. The molecule has 2 aliphatic rings. The molecule has 0 aromatic carbocycles. The fraction of sp³-hybridized carbons (Fsp3) is 0.722. The van der Waals surface area contributed by atoms with Crippen molar-refractivity contribution in [3.63, 3.8) is 0 Å². The lowest BCUT2D eigenvalue weighted by Gasteiger charge is -2.57. The number of Topliss-reactive ketones (excluding diaryl/α,β-unsaturated/α-hetero) is 1. The fourth-order valence-electron chi connectivity index (χ4n) is 4.41. The number of carbonyl (C=O) groups is 1. The second-order valence-corrected chi connectivity index (χ2v) is 7.28. The highest BCUT2D eigenvalue weighted by atomic mass is 16.1. The average Bonchev–Trinajstić information content (AvgIpc) is 2.35. The molecule has 19 heavy (non-hydrogen) atoms. The Balaban J connectivity index is 2.32. The van der Waals surface area contributed by atoms with Crippen molar-refractivity contribution in [1.82, 2.24) is 0 Å². The van der Waals surface area contributed by atoms with Crippen molar-refractivity contribution >= 4 is 5.78 Å². The number of carbonyl (C=O) groups excluding carboxylic acids is 1. The van der Waals surface area contributed by atoms with Crippen LogP contribution < -0.4 is 0 Å². The van der Waals surface area contributed by atoms with Gasteiger partial charge in [-0.25, -0.2) is 0 Å². The number of ketones is 1. The van der Waals surface area contributed by atoms with Gasteiger partial charge in [0, 0.05) is 6.42 Å². The molecule has 0 radical (unpaired) electrons. The van der Waals surface area contributed by atoms with Crippen molar-refractivity contribution in [2.45, 2.75) is 59.8 Å². The van der Waals surface area contributed by atoms with Gasteiger partial charge in [-0.1, -0.05) is 39.5 Å². The predicted molar refractivity (Wildman–Crippen MR) is 80.9 cm³/mol. The van der Waals surface area contributed by atoms with Crippen LogP contribution in [0.4, 0.5) is 0 Å². The molecule has 0 aliphatic heterocycles. The van der Waals surface area contributed by atoms with E-state index in [0.29, 0.717) is 17.6 Å². The highest BCUT2D eigenvalue weighted by Crippen LogP contribution is 2.61. The molecule has 1 fully saturated rings. The molecule has 1 nitrogen and oxygen atoms in total. The van der Waals surface area contributed by atoms with Crippen LogP contribution in [-0.4, -0.2) is 5.78 Å². The summed E-state index contributed by atoms with van der Waals surface area (Å²) in [5.41, 5.74) is 1.81. The maximum Gasteiger partial charge on any atom is 0.129 e. The van der Waals surface area contributed by atoms with Gasteiger partial charge < -0.3 is 4.79 Å². The van der Waals surface area contributed by atoms with Crippen LogP contribution >= 0.6 is 0 Å². The van der Waals surface area contributed by atoms with Gasteiger partial charge in [-0.15, -0.1) is 0 Å². The fourth-order valence-corrected chi connectivity index (χ4v) is 4.41. The summed E-state index contributed by atoms with van der Waals surface area (Å²) >= 11 is 0. The molecule has 0 amide bonds. The molecule has 2 aliphatic carbocycles. The van der Waals surface area contributed by atoms with E-state index in [1.165, 1.54) is 18.4 Å². The molecule has 0 bridgehead atoms. The van der Waals surface area contributed by atoms with E-state index in [9.17, 15) is 4.79 Å². The van der Waals surface area contributed by atoms with Crippen molar-refractivity contribution in [2.24, 2.45) is 22.7 Å². The van der Waals surface area contributed by atoms with Crippen LogP contribution in [0.2, 0.25) is 0 Å². The molecular formula is C18H28O. The van der Waals surface area contributed by atoms with E-state index >= 15 is 0 Å². The molecule has 4 atom stereocenters. The Morgan fingerprint density at radius 2 is 2.16 bits per heavy atom. The summed E-state index contributed by atoms with van der Waals surface area (Å²) in [6, 6.07) is 0. The molecule has 1 heteroatoms. The van der Waals surface area contributed by atoms with Crippen LogP contribution in [0.1, 0.15) is 59.8 Å². The minimum absolute atomic E-state index is 0.243. The quantitative estimate of drug-likeness (QED) is 0.703. The third-order valence-corrected chi connectivity index (χ3v) is 6.23. The average molecular weight is 260 g/mol. The third kappa shape index (κ3) is 2.32. The van der Waals surface area contributed by atoms with Gasteiger partial charge >= 0.3 is 0 Å². The summed E-state index contributed by atoms with van der Waals surface area (Å²) in [6.45, 7) is 13.2. The minimum Gasteiger partial charge on any atom is -0.300 e. The first-order valence-electron chi connectivity index (χ1n) is 7.66. The molecular weight excluding hydrogens is 232 g/mol. The summed E-state index contributed by atoms with van der Waals surface area (Å²) in [6.07, 6.45) is 9.92. The molecule has 0 heterocycles. The first-order chi connectivity index (χ1) is 8.80. The number of allylic oxidation sites excluding steroid dienone is 3. The summed E-state index contributed by atoms with van der Waals surface area (Å²) in [4.78, 5) is 11.4. The zero-order valence-electron chi connectivity index (χ0n) is 13.0. The maximum absolute atomic E-state index is 11.4. The highest BCUT2D eigenvalue weighted by molar-refractivity contribution is 5.75. The van der Waals surface area contributed by atoms with Crippen LogP contribution in [-0.2, 0) is 4.79 Å². The van der Waals surface area contributed by atoms with Gasteiger partial charge in [0.15, 0.2) is 0 Å². The van der Waals surface area contributed by atoms with E-state index in [1.807, 2.05) is 0 Å². The van der Waals surface area contributed by atoms with E-state index in [-0.39, 0.29) is 10.8 Å². The molecule has 0 spiro atoms. The van der Waals surface area contributed by atoms with Crippen LogP contribution in [0, 0.1) is 22.7 Å². The van der Waals surface area contributed by atoms with Crippen molar-refractivity contribution in [3.05, 3.63) is 24.3 Å². The first-order valence-corrected chi connectivity index (χ1v) is 7.66. The van der Waals surface area contributed by atoms with Gasteiger partial charge in [0.2, 0.25) is 0 Å². The molecule has 0 N–H and O–H groups in total. The number of fused-ring (bicyclic) bond motifs is 1. The zero-order chi connectivity index (χ0) is 14.3.